The minimum atomic E-state index is -0.140. The number of thiophene rings is 1. The van der Waals surface area contributed by atoms with Gasteiger partial charge in [-0.15, -0.1) is 11.3 Å². The molecule has 4 aromatic heterocycles. The van der Waals surface area contributed by atoms with Gasteiger partial charge < -0.3 is 9.73 Å². The second kappa shape index (κ2) is 4.95. The predicted molar refractivity (Wildman–Crippen MR) is 104 cm³/mol. The molecular weight excluding hydrogens is 344 g/mol. The van der Waals surface area contributed by atoms with Crippen LogP contribution in [0.5, 0.6) is 0 Å². The lowest BCUT2D eigenvalue weighted by atomic mass is 10.2. The Kier molecular flexibility index (Phi) is 2.69. The highest BCUT2D eigenvalue weighted by Crippen LogP contribution is 2.48. The summed E-state index contributed by atoms with van der Waals surface area (Å²) in [6, 6.07) is 16.3. The maximum atomic E-state index is 5.75. The number of fused-ring (bicyclic) bond motifs is 7. The zero-order valence-electron chi connectivity index (χ0n) is 13.9. The van der Waals surface area contributed by atoms with Crippen LogP contribution in [0.2, 0.25) is 0 Å². The zero-order valence-corrected chi connectivity index (χ0v) is 14.7. The SMILES string of the molecule is Cc1ccc2c3c(sc2n1)-c1nc2ccccc2n1C(c1ccco1)N3. The minimum absolute atomic E-state index is 0.140. The molecule has 1 N–H and O–H groups in total. The van der Waals surface area contributed by atoms with Gasteiger partial charge >= 0.3 is 0 Å². The van der Waals surface area contributed by atoms with Gasteiger partial charge in [0.25, 0.3) is 0 Å². The number of furan rings is 1. The van der Waals surface area contributed by atoms with E-state index in [-0.39, 0.29) is 6.17 Å². The fourth-order valence-electron chi connectivity index (χ4n) is 3.68. The third-order valence-corrected chi connectivity index (χ3v) is 5.94. The summed E-state index contributed by atoms with van der Waals surface area (Å²) < 4.78 is 7.97. The van der Waals surface area contributed by atoms with Crippen LogP contribution >= 0.6 is 11.3 Å². The van der Waals surface area contributed by atoms with Crippen LogP contribution in [0.15, 0.2) is 59.2 Å². The van der Waals surface area contributed by atoms with Crippen molar-refractivity contribution in [2.45, 2.75) is 13.1 Å². The molecule has 0 amide bonds. The lowest BCUT2D eigenvalue weighted by Crippen LogP contribution is -2.23. The topological polar surface area (TPSA) is 55.9 Å². The van der Waals surface area contributed by atoms with Crippen molar-refractivity contribution < 1.29 is 4.42 Å². The first kappa shape index (κ1) is 14.1. The molecule has 5 aromatic rings. The van der Waals surface area contributed by atoms with Gasteiger partial charge in [-0.25, -0.2) is 9.97 Å². The lowest BCUT2D eigenvalue weighted by molar-refractivity contribution is 0.456. The largest absolute Gasteiger partial charge is 0.465 e. The Balaban J connectivity index is 1.72. The molecule has 0 bridgehead atoms. The van der Waals surface area contributed by atoms with Gasteiger partial charge in [0.1, 0.15) is 10.6 Å². The van der Waals surface area contributed by atoms with Crippen LogP contribution < -0.4 is 5.32 Å². The molecule has 6 heteroatoms. The van der Waals surface area contributed by atoms with Crippen LogP contribution in [0.4, 0.5) is 5.69 Å². The van der Waals surface area contributed by atoms with Crippen LogP contribution in [0.25, 0.3) is 32.0 Å². The Morgan fingerprint density at radius 1 is 1.08 bits per heavy atom. The molecule has 26 heavy (non-hydrogen) atoms. The number of benzene rings is 1. The molecule has 1 atom stereocenters. The molecule has 126 valence electrons. The molecule has 1 aliphatic rings. The Morgan fingerprint density at radius 3 is 2.88 bits per heavy atom. The molecular formula is C20H14N4OS. The number of hydrogen-bond donors (Lipinski definition) is 1. The fourth-order valence-corrected chi connectivity index (χ4v) is 4.85. The molecule has 0 saturated carbocycles. The van der Waals surface area contributed by atoms with Crippen molar-refractivity contribution in [3.05, 3.63) is 66.2 Å². The van der Waals surface area contributed by atoms with E-state index in [0.29, 0.717) is 0 Å². The monoisotopic (exact) mass is 358 g/mol. The van der Waals surface area contributed by atoms with Gasteiger partial charge in [-0.2, -0.15) is 0 Å². The molecule has 0 fully saturated rings. The van der Waals surface area contributed by atoms with Crippen molar-refractivity contribution >= 4 is 38.3 Å². The molecule has 1 aliphatic heterocycles. The summed E-state index contributed by atoms with van der Waals surface area (Å²) >= 11 is 1.68. The van der Waals surface area contributed by atoms with Gasteiger partial charge in [-0.05, 0) is 43.3 Å². The number of hydrogen-bond acceptors (Lipinski definition) is 5. The summed E-state index contributed by atoms with van der Waals surface area (Å²) in [7, 11) is 0. The van der Waals surface area contributed by atoms with Crippen molar-refractivity contribution in [3.63, 3.8) is 0 Å². The van der Waals surface area contributed by atoms with Crippen molar-refractivity contribution in [2.75, 3.05) is 5.32 Å². The van der Waals surface area contributed by atoms with Gasteiger partial charge in [-0.1, -0.05) is 12.1 Å². The van der Waals surface area contributed by atoms with Crippen molar-refractivity contribution in [3.8, 4) is 10.7 Å². The zero-order chi connectivity index (χ0) is 17.3. The molecule has 0 radical (unpaired) electrons. The Bertz CT molecular complexity index is 1280. The van der Waals surface area contributed by atoms with Crippen molar-refractivity contribution in [1.82, 2.24) is 14.5 Å². The second-order valence-corrected chi connectivity index (χ2v) is 7.47. The number of aromatic nitrogens is 3. The second-order valence-electron chi connectivity index (χ2n) is 6.47. The van der Waals surface area contributed by atoms with E-state index < -0.39 is 0 Å². The van der Waals surface area contributed by atoms with Crippen LogP contribution in [-0.2, 0) is 0 Å². The number of para-hydroxylation sites is 2. The molecule has 0 spiro atoms. The minimum Gasteiger partial charge on any atom is -0.465 e. The highest BCUT2D eigenvalue weighted by atomic mass is 32.1. The van der Waals surface area contributed by atoms with Crippen LogP contribution in [0.3, 0.4) is 0 Å². The molecule has 0 aliphatic carbocycles. The number of aryl methyl sites for hydroxylation is 1. The van der Waals surface area contributed by atoms with E-state index in [4.69, 9.17) is 14.4 Å². The summed E-state index contributed by atoms with van der Waals surface area (Å²) in [5.74, 6) is 1.82. The average Bonchev–Trinajstić information content (AvgIpc) is 3.37. The smallest absolute Gasteiger partial charge is 0.165 e. The average molecular weight is 358 g/mol. The van der Waals surface area contributed by atoms with Gasteiger partial charge in [0.2, 0.25) is 0 Å². The third kappa shape index (κ3) is 1.79. The Morgan fingerprint density at radius 2 is 2.00 bits per heavy atom. The maximum Gasteiger partial charge on any atom is 0.165 e. The van der Waals surface area contributed by atoms with Gasteiger partial charge in [0, 0.05) is 11.1 Å². The Labute approximate surface area is 152 Å². The summed E-state index contributed by atoms with van der Waals surface area (Å²) in [5.41, 5.74) is 4.17. The number of nitrogens with one attached hydrogen (secondary N) is 1. The molecule has 6 rings (SSSR count). The van der Waals surface area contributed by atoms with Gasteiger partial charge in [0.15, 0.2) is 12.0 Å². The van der Waals surface area contributed by atoms with E-state index in [1.807, 2.05) is 31.2 Å². The summed E-state index contributed by atoms with van der Waals surface area (Å²) in [6.45, 7) is 2.02. The van der Waals surface area contributed by atoms with Gasteiger partial charge in [0.05, 0.1) is 27.9 Å². The molecule has 1 aromatic carbocycles. The number of nitrogens with zero attached hydrogens (tertiary/aromatic N) is 3. The standard InChI is InChI=1S/C20H14N4OS/c1-11-8-9-12-16-17(26-20(12)21-11)19-22-13-5-2-3-6-14(13)24(19)18(23-16)15-7-4-10-25-15/h2-10,18,23H,1H3. The van der Waals surface area contributed by atoms with E-state index in [9.17, 15) is 0 Å². The predicted octanol–water partition coefficient (Wildman–Crippen LogP) is 5.19. The highest BCUT2D eigenvalue weighted by molar-refractivity contribution is 7.22. The molecule has 5 heterocycles. The normalized spacial score (nSPS) is 15.8. The lowest BCUT2D eigenvalue weighted by Gasteiger charge is -2.26. The summed E-state index contributed by atoms with van der Waals surface area (Å²) in [4.78, 5) is 11.8. The van der Waals surface area contributed by atoms with Crippen molar-refractivity contribution in [1.29, 1.82) is 0 Å². The van der Waals surface area contributed by atoms with E-state index in [0.717, 1.165) is 49.1 Å². The number of imidazole rings is 1. The first-order chi connectivity index (χ1) is 12.8. The van der Waals surface area contributed by atoms with E-state index in [1.165, 1.54) is 0 Å². The first-order valence-corrected chi connectivity index (χ1v) is 9.29. The van der Waals surface area contributed by atoms with E-state index in [2.05, 4.69) is 34.1 Å². The highest BCUT2D eigenvalue weighted by Gasteiger charge is 2.32. The quantitative estimate of drug-likeness (QED) is 0.448. The number of anilines is 1. The van der Waals surface area contributed by atoms with E-state index in [1.54, 1.807) is 17.6 Å². The molecule has 1 unspecified atom stereocenters. The fraction of sp³-hybridized carbons (Fsp3) is 0.100. The summed E-state index contributed by atoms with van der Waals surface area (Å²) in [6.07, 6.45) is 1.57. The maximum absolute atomic E-state index is 5.75. The summed E-state index contributed by atoms with van der Waals surface area (Å²) in [5, 5.41) is 4.81. The van der Waals surface area contributed by atoms with Crippen LogP contribution in [-0.4, -0.2) is 14.5 Å². The van der Waals surface area contributed by atoms with Crippen molar-refractivity contribution in [2.24, 2.45) is 0 Å². The number of rotatable bonds is 1. The van der Waals surface area contributed by atoms with Crippen LogP contribution in [0.1, 0.15) is 17.6 Å². The van der Waals surface area contributed by atoms with Crippen LogP contribution in [0, 0.1) is 6.92 Å². The molecule has 5 nitrogen and oxygen atoms in total. The molecule has 0 saturated heterocycles. The Hall–Kier alpha value is -3.12. The van der Waals surface area contributed by atoms with Gasteiger partial charge in [-0.3, -0.25) is 4.57 Å². The number of pyridine rings is 1. The van der Waals surface area contributed by atoms with E-state index >= 15 is 0 Å². The first-order valence-electron chi connectivity index (χ1n) is 8.47. The third-order valence-electron chi connectivity index (χ3n) is 4.85.